The van der Waals surface area contributed by atoms with Gasteiger partial charge in [0, 0.05) is 5.56 Å². The van der Waals surface area contributed by atoms with Gasteiger partial charge in [-0.15, -0.1) is 0 Å². The zero-order chi connectivity index (χ0) is 12.3. The van der Waals surface area contributed by atoms with Gasteiger partial charge in [0.1, 0.15) is 17.1 Å². The Bertz CT molecular complexity index is 415. The van der Waals surface area contributed by atoms with E-state index >= 15 is 0 Å². The number of hydrogen-bond acceptors (Lipinski definition) is 4. The van der Waals surface area contributed by atoms with E-state index in [2.05, 4.69) is 4.74 Å². The summed E-state index contributed by atoms with van der Waals surface area (Å²) in [7, 11) is 1.21. The molecule has 1 aromatic carbocycles. The van der Waals surface area contributed by atoms with Crippen LogP contribution in [0.25, 0.3) is 0 Å². The summed E-state index contributed by atoms with van der Waals surface area (Å²) in [6.07, 6.45) is 1.14. The highest BCUT2D eigenvalue weighted by molar-refractivity contribution is 6.32. The van der Waals surface area contributed by atoms with Crippen LogP contribution in [0.1, 0.15) is 29.3 Å². The van der Waals surface area contributed by atoms with Crippen LogP contribution in [0.2, 0.25) is 5.02 Å². The largest absolute Gasteiger partial charge is 0.507 e. The fraction of sp³-hybridized carbons (Fsp3) is 0.364. The molecule has 0 amide bonds. The van der Waals surface area contributed by atoms with E-state index in [1.807, 2.05) is 6.92 Å². The standard InChI is InChI=1S/C11H13ClO4/c1-3-4-6-9(13)7(11(15)16-2)5-8(12)10(6)14/h5,13-14H,3-4H2,1-2H3. The Morgan fingerprint density at radius 3 is 2.56 bits per heavy atom. The third kappa shape index (κ3) is 2.22. The molecular weight excluding hydrogens is 232 g/mol. The molecular formula is C11H13ClO4. The van der Waals surface area contributed by atoms with Crippen molar-refractivity contribution in [2.24, 2.45) is 0 Å². The maximum atomic E-state index is 11.3. The number of carbonyl (C=O) groups excluding carboxylic acids is 1. The van der Waals surface area contributed by atoms with Crippen LogP contribution in [0.5, 0.6) is 11.5 Å². The van der Waals surface area contributed by atoms with Gasteiger partial charge in [0.25, 0.3) is 0 Å². The Morgan fingerprint density at radius 2 is 2.06 bits per heavy atom. The average molecular weight is 245 g/mol. The second kappa shape index (κ2) is 5.07. The number of ether oxygens (including phenoxy) is 1. The molecule has 16 heavy (non-hydrogen) atoms. The molecule has 0 aromatic heterocycles. The molecule has 1 aromatic rings. The normalized spacial score (nSPS) is 10.2. The summed E-state index contributed by atoms with van der Waals surface area (Å²) in [4.78, 5) is 11.3. The highest BCUT2D eigenvalue weighted by atomic mass is 35.5. The summed E-state index contributed by atoms with van der Waals surface area (Å²) >= 11 is 5.76. The first-order valence-corrected chi connectivity index (χ1v) is 5.22. The van der Waals surface area contributed by atoms with Crippen molar-refractivity contribution in [3.05, 3.63) is 22.2 Å². The molecule has 0 bridgehead atoms. The fourth-order valence-corrected chi connectivity index (χ4v) is 1.66. The lowest BCUT2D eigenvalue weighted by molar-refractivity contribution is 0.0597. The van der Waals surface area contributed by atoms with Gasteiger partial charge < -0.3 is 14.9 Å². The second-order valence-electron chi connectivity index (χ2n) is 3.32. The van der Waals surface area contributed by atoms with Crippen molar-refractivity contribution in [1.29, 1.82) is 0 Å². The maximum Gasteiger partial charge on any atom is 0.341 e. The van der Waals surface area contributed by atoms with Gasteiger partial charge >= 0.3 is 5.97 Å². The summed E-state index contributed by atoms with van der Waals surface area (Å²) in [6.45, 7) is 1.89. The first kappa shape index (κ1) is 12.6. The van der Waals surface area contributed by atoms with Crippen molar-refractivity contribution in [2.75, 3.05) is 7.11 Å². The second-order valence-corrected chi connectivity index (χ2v) is 3.73. The van der Waals surface area contributed by atoms with Crippen LogP contribution in [0.15, 0.2) is 6.07 Å². The van der Waals surface area contributed by atoms with E-state index in [4.69, 9.17) is 11.6 Å². The minimum absolute atomic E-state index is 0.0293. The molecule has 0 heterocycles. The number of esters is 1. The highest BCUT2D eigenvalue weighted by Crippen LogP contribution is 2.38. The van der Waals surface area contributed by atoms with Gasteiger partial charge in [-0.25, -0.2) is 4.79 Å². The minimum Gasteiger partial charge on any atom is -0.507 e. The maximum absolute atomic E-state index is 11.3. The number of phenols is 2. The molecule has 2 N–H and O–H groups in total. The smallest absolute Gasteiger partial charge is 0.341 e. The molecule has 0 saturated carbocycles. The summed E-state index contributed by atoms with van der Waals surface area (Å²) in [5.74, 6) is -1.14. The Labute approximate surface area is 98.4 Å². The van der Waals surface area contributed by atoms with Crippen LogP contribution in [-0.4, -0.2) is 23.3 Å². The van der Waals surface area contributed by atoms with Crippen LogP contribution in [0, 0.1) is 0 Å². The molecule has 0 atom stereocenters. The van der Waals surface area contributed by atoms with Crippen LogP contribution in [0.3, 0.4) is 0 Å². The Balaban J connectivity index is 3.37. The Hall–Kier alpha value is -1.42. The van der Waals surface area contributed by atoms with Crippen LogP contribution < -0.4 is 0 Å². The number of hydrogen-bond donors (Lipinski definition) is 2. The number of benzene rings is 1. The van der Waals surface area contributed by atoms with E-state index in [-0.39, 0.29) is 27.6 Å². The van der Waals surface area contributed by atoms with Gasteiger partial charge in [-0.2, -0.15) is 0 Å². The van der Waals surface area contributed by atoms with E-state index in [9.17, 15) is 15.0 Å². The van der Waals surface area contributed by atoms with Gasteiger partial charge in [0.05, 0.1) is 12.1 Å². The molecule has 0 aliphatic carbocycles. The highest BCUT2D eigenvalue weighted by Gasteiger charge is 2.20. The number of rotatable bonds is 3. The zero-order valence-electron chi connectivity index (χ0n) is 9.08. The van der Waals surface area contributed by atoms with Crippen LogP contribution >= 0.6 is 11.6 Å². The number of methoxy groups -OCH3 is 1. The molecule has 0 saturated heterocycles. The molecule has 0 spiro atoms. The van der Waals surface area contributed by atoms with Crippen molar-refractivity contribution in [2.45, 2.75) is 19.8 Å². The van der Waals surface area contributed by atoms with E-state index in [0.29, 0.717) is 12.8 Å². The number of phenolic OH excluding ortho intramolecular Hbond substituents is 2. The lowest BCUT2D eigenvalue weighted by atomic mass is 10.0. The Kier molecular flexibility index (Phi) is 4.01. The van der Waals surface area contributed by atoms with Crippen molar-refractivity contribution in [3.8, 4) is 11.5 Å². The first-order chi connectivity index (χ1) is 7.52. The quantitative estimate of drug-likeness (QED) is 0.802. The number of aromatic hydroxyl groups is 2. The summed E-state index contributed by atoms with van der Waals surface area (Å²) < 4.78 is 4.51. The summed E-state index contributed by atoms with van der Waals surface area (Å²) in [5.41, 5.74) is 0.240. The van der Waals surface area contributed by atoms with Crippen molar-refractivity contribution in [1.82, 2.24) is 0 Å². The predicted octanol–water partition coefficient (Wildman–Crippen LogP) is 2.49. The van der Waals surface area contributed by atoms with Gasteiger partial charge in [-0.3, -0.25) is 0 Å². The summed E-state index contributed by atoms with van der Waals surface area (Å²) in [5, 5.41) is 19.5. The molecule has 0 unspecified atom stereocenters. The molecule has 1 rings (SSSR count). The first-order valence-electron chi connectivity index (χ1n) is 4.84. The third-order valence-electron chi connectivity index (χ3n) is 2.23. The van der Waals surface area contributed by atoms with Crippen molar-refractivity contribution < 1.29 is 19.7 Å². The Morgan fingerprint density at radius 1 is 1.44 bits per heavy atom. The van der Waals surface area contributed by atoms with Gasteiger partial charge in [0.15, 0.2) is 0 Å². The molecule has 0 radical (unpaired) electrons. The minimum atomic E-state index is -0.684. The van der Waals surface area contributed by atoms with Crippen molar-refractivity contribution in [3.63, 3.8) is 0 Å². The summed E-state index contributed by atoms with van der Waals surface area (Å²) in [6, 6.07) is 1.19. The molecule has 5 heteroatoms. The molecule has 88 valence electrons. The van der Waals surface area contributed by atoms with Gasteiger partial charge in [-0.1, -0.05) is 24.9 Å². The third-order valence-corrected chi connectivity index (χ3v) is 2.52. The topological polar surface area (TPSA) is 66.8 Å². The average Bonchev–Trinajstić information content (AvgIpc) is 2.28. The fourth-order valence-electron chi connectivity index (χ4n) is 1.43. The molecule has 0 aliphatic heterocycles. The molecule has 0 fully saturated rings. The zero-order valence-corrected chi connectivity index (χ0v) is 9.84. The van der Waals surface area contributed by atoms with E-state index in [1.165, 1.54) is 13.2 Å². The van der Waals surface area contributed by atoms with E-state index in [1.54, 1.807) is 0 Å². The van der Waals surface area contributed by atoms with Crippen LogP contribution in [0.4, 0.5) is 0 Å². The SMILES string of the molecule is CCCc1c(O)c(Cl)cc(C(=O)OC)c1O. The number of halogens is 1. The molecule has 0 aliphatic rings. The predicted molar refractivity (Wildman–Crippen MR) is 60.1 cm³/mol. The monoisotopic (exact) mass is 244 g/mol. The van der Waals surface area contributed by atoms with E-state index in [0.717, 1.165) is 0 Å². The van der Waals surface area contributed by atoms with Crippen molar-refractivity contribution >= 4 is 17.6 Å². The number of carbonyl (C=O) groups is 1. The van der Waals surface area contributed by atoms with E-state index < -0.39 is 5.97 Å². The van der Waals surface area contributed by atoms with Crippen LogP contribution in [-0.2, 0) is 11.2 Å². The lowest BCUT2D eigenvalue weighted by Crippen LogP contribution is -2.03. The lowest BCUT2D eigenvalue weighted by Gasteiger charge is -2.11. The van der Waals surface area contributed by atoms with Gasteiger partial charge in [0.2, 0.25) is 0 Å². The molecule has 4 nitrogen and oxygen atoms in total. The van der Waals surface area contributed by atoms with Gasteiger partial charge in [-0.05, 0) is 12.5 Å².